The number of carbonyl (C=O) groups excluding carboxylic acids is 1. The van der Waals surface area contributed by atoms with E-state index in [1.54, 1.807) is 0 Å². The van der Waals surface area contributed by atoms with Crippen LogP contribution in [0.25, 0.3) is 0 Å². The lowest BCUT2D eigenvalue weighted by atomic mass is 9.84. The van der Waals surface area contributed by atoms with E-state index in [4.69, 9.17) is 0 Å². The Hall–Kier alpha value is -2.41. The third kappa shape index (κ3) is 4.92. The Kier molecular flexibility index (Phi) is 6.60. The van der Waals surface area contributed by atoms with Crippen molar-refractivity contribution in [2.24, 2.45) is 0 Å². The lowest BCUT2D eigenvalue weighted by molar-refractivity contribution is -0.112. The molecular weight excluding hydrogens is 426 g/mol. The van der Waals surface area contributed by atoms with Gasteiger partial charge >= 0.3 is 0 Å². The van der Waals surface area contributed by atoms with E-state index in [9.17, 15) is 13.2 Å². The Morgan fingerprint density at radius 2 is 1.13 bits per heavy atom. The molecule has 0 unspecified atom stereocenters. The molecule has 3 aromatic carbocycles. The van der Waals surface area contributed by atoms with Crippen LogP contribution >= 0.6 is 11.8 Å². The summed E-state index contributed by atoms with van der Waals surface area (Å²) < 4.78 is 22.8. The van der Waals surface area contributed by atoms with E-state index in [2.05, 4.69) is 36.4 Å². The molecule has 0 atom stereocenters. The third-order valence-corrected chi connectivity index (χ3v) is 8.58. The Labute approximate surface area is 188 Å². The zero-order valence-corrected chi connectivity index (χ0v) is 18.8. The number of hydrogen-bond acceptors (Lipinski definition) is 5. The third-order valence-electron chi connectivity index (χ3n) is 5.60. The Morgan fingerprint density at radius 3 is 1.52 bits per heavy atom. The van der Waals surface area contributed by atoms with Crippen molar-refractivity contribution in [3.05, 3.63) is 108 Å². The minimum Gasteiger partial charge on any atom is -0.293 e. The lowest BCUT2D eigenvalue weighted by Crippen LogP contribution is -2.43. The summed E-state index contributed by atoms with van der Waals surface area (Å²) in [6.45, 7) is 1.04. The first-order chi connectivity index (χ1) is 15.0. The zero-order valence-electron chi connectivity index (χ0n) is 17.2. The first-order valence-corrected chi connectivity index (χ1v) is 12.9. The standard InChI is InChI=1S/C25H25NO3S2/c27-24(20-26-16-18-31(28,29)19-17-26)30-25(21-10-4-1-5-11-21,22-12-6-2-7-13-22)23-14-8-3-9-15-23/h1-15H,16-20H2. The van der Waals surface area contributed by atoms with Crippen molar-refractivity contribution in [2.45, 2.75) is 4.75 Å². The molecule has 160 valence electrons. The van der Waals surface area contributed by atoms with Crippen molar-refractivity contribution in [3.8, 4) is 0 Å². The van der Waals surface area contributed by atoms with Gasteiger partial charge in [0.25, 0.3) is 0 Å². The summed E-state index contributed by atoms with van der Waals surface area (Å²) in [6, 6.07) is 30.3. The monoisotopic (exact) mass is 451 g/mol. The molecule has 3 aromatic rings. The van der Waals surface area contributed by atoms with Gasteiger partial charge in [0.2, 0.25) is 5.12 Å². The van der Waals surface area contributed by atoms with Crippen LogP contribution in [-0.2, 0) is 19.4 Å². The number of rotatable bonds is 6. The number of sulfone groups is 1. The molecule has 6 heteroatoms. The van der Waals surface area contributed by atoms with Crippen molar-refractivity contribution >= 4 is 26.7 Å². The second-order valence-electron chi connectivity index (χ2n) is 7.68. The summed E-state index contributed by atoms with van der Waals surface area (Å²) in [5.41, 5.74) is 3.10. The maximum Gasteiger partial charge on any atom is 0.204 e. The van der Waals surface area contributed by atoms with E-state index < -0.39 is 14.6 Å². The molecule has 0 saturated carbocycles. The van der Waals surface area contributed by atoms with E-state index in [0.717, 1.165) is 16.7 Å². The first kappa shape index (κ1) is 21.8. The molecule has 31 heavy (non-hydrogen) atoms. The molecule has 0 aromatic heterocycles. The quantitative estimate of drug-likeness (QED) is 0.531. The highest BCUT2D eigenvalue weighted by molar-refractivity contribution is 8.14. The normalized spacial score (nSPS) is 16.6. The Morgan fingerprint density at radius 1 is 0.742 bits per heavy atom. The summed E-state index contributed by atoms with van der Waals surface area (Å²) in [5, 5.41) is 0.0239. The molecule has 0 amide bonds. The highest BCUT2D eigenvalue weighted by Crippen LogP contribution is 2.48. The molecule has 0 radical (unpaired) electrons. The topological polar surface area (TPSA) is 54.5 Å². The maximum absolute atomic E-state index is 13.4. The Balaban J connectivity index is 1.73. The van der Waals surface area contributed by atoms with E-state index >= 15 is 0 Å². The van der Waals surface area contributed by atoms with Crippen LogP contribution in [0.15, 0.2) is 91.0 Å². The van der Waals surface area contributed by atoms with E-state index in [1.807, 2.05) is 59.5 Å². The lowest BCUT2D eigenvalue weighted by Gasteiger charge is -2.35. The molecule has 1 aliphatic rings. The first-order valence-electron chi connectivity index (χ1n) is 10.3. The van der Waals surface area contributed by atoms with Gasteiger partial charge in [-0.1, -0.05) is 103 Å². The van der Waals surface area contributed by atoms with Crippen LogP contribution < -0.4 is 0 Å². The number of thioether (sulfide) groups is 1. The van der Waals surface area contributed by atoms with Crippen LogP contribution in [0.3, 0.4) is 0 Å². The predicted octanol–water partition coefficient (Wildman–Crippen LogP) is 3.97. The largest absolute Gasteiger partial charge is 0.293 e. The van der Waals surface area contributed by atoms with Crippen molar-refractivity contribution in [2.75, 3.05) is 31.1 Å². The molecule has 4 rings (SSSR count). The van der Waals surface area contributed by atoms with Gasteiger partial charge in [0.1, 0.15) is 0 Å². The SMILES string of the molecule is O=C(CN1CCS(=O)(=O)CC1)SC(c1ccccc1)(c1ccccc1)c1ccccc1. The molecule has 0 aliphatic carbocycles. The van der Waals surface area contributed by atoms with Crippen LogP contribution in [0.5, 0.6) is 0 Å². The summed E-state index contributed by atoms with van der Waals surface area (Å²) in [4.78, 5) is 15.3. The van der Waals surface area contributed by atoms with Crippen molar-refractivity contribution in [3.63, 3.8) is 0 Å². The van der Waals surface area contributed by atoms with Gasteiger partial charge in [-0.05, 0) is 16.7 Å². The Bertz CT molecular complexity index is 1010. The smallest absolute Gasteiger partial charge is 0.204 e. The van der Waals surface area contributed by atoms with Gasteiger partial charge in [0.15, 0.2) is 9.84 Å². The van der Waals surface area contributed by atoms with Crippen molar-refractivity contribution < 1.29 is 13.2 Å². The zero-order chi connectivity index (χ0) is 21.7. The summed E-state index contributed by atoms with van der Waals surface area (Å²) in [5.74, 6) is 0.234. The van der Waals surface area contributed by atoms with Crippen molar-refractivity contribution in [1.82, 2.24) is 4.90 Å². The fraction of sp³-hybridized carbons (Fsp3) is 0.240. The number of carbonyl (C=O) groups is 1. The molecule has 1 fully saturated rings. The second-order valence-corrected chi connectivity index (χ2v) is 11.3. The average Bonchev–Trinajstić information content (AvgIpc) is 2.81. The molecule has 4 nitrogen and oxygen atoms in total. The number of hydrogen-bond donors (Lipinski definition) is 0. The van der Waals surface area contributed by atoms with Gasteiger partial charge in [0.05, 0.1) is 22.8 Å². The number of nitrogens with zero attached hydrogens (tertiary/aromatic N) is 1. The molecule has 1 aliphatic heterocycles. The van der Waals surface area contributed by atoms with Crippen LogP contribution in [0.1, 0.15) is 16.7 Å². The van der Waals surface area contributed by atoms with Crippen LogP contribution in [0.2, 0.25) is 0 Å². The highest BCUT2D eigenvalue weighted by atomic mass is 32.2. The molecule has 0 spiro atoms. The fourth-order valence-corrected chi connectivity index (χ4v) is 6.62. The maximum atomic E-state index is 13.4. The van der Waals surface area contributed by atoms with Gasteiger partial charge in [-0.2, -0.15) is 0 Å². The summed E-state index contributed by atoms with van der Waals surface area (Å²) >= 11 is 1.31. The van der Waals surface area contributed by atoms with E-state index in [1.165, 1.54) is 11.8 Å². The highest BCUT2D eigenvalue weighted by Gasteiger charge is 2.39. The van der Waals surface area contributed by atoms with Gasteiger partial charge in [-0.3, -0.25) is 9.69 Å². The van der Waals surface area contributed by atoms with Crippen molar-refractivity contribution in [1.29, 1.82) is 0 Å². The van der Waals surface area contributed by atoms with E-state index in [-0.39, 0.29) is 23.2 Å². The molecule has 1 heterocycles. The predicted molar refractivity (Wildman–Crippen MR) is 127 cm³/mol. The van der Waals surface area contributed by atoms with Gasteiger partial charge in [0, 0.05) is 13.1 Å². The van der Waals surface area contributed by atoms with Gasteiger partial charge in [-0.15, -0.1) is 0 Å². The minimum atomic E-state index is -2.98. The fourth-order valence-electron chi connectivity index (χ4n) is 3.99. The van der Waals surface area contributed by atoms with Gasteiger partial charge < -0.3 is 0 Å². The molecule has 1 saturated heterocycles. The van der Waals surface area contributed by atoms with Crippen LogP contribution in [0, 0.1) is 0 Å². The van der Waals surface area contributed by atoms with E-state index in [0.29, 0.717) is 13.1 Å². The summed E-state index contributed by atoms with van der Waals surface area (Å²) in [6.07, 6.45) is 0. The minimum absolute atomic E-state index is 0.0239. The van der Waals surface area contributed by atoms with Gasteiger partial charge in [-0.25, -0.2) is 8.42 Å². The molecule has 0 bridgehead atoms. The van der Waals surface area contributed by atoms with Crippen LogP contribution in [0.4, 0.5) is 0 Å². The average molecular weight is 452 g/mol. The second kappa shape index (κ2) is 9.39. The van der Waals surface area contributed by atoms with Crippen LogP contribution in [-0.4, -0.2) is 49.6 Å². The molecule has 0 N–H and O–H groups in total. The molecular formula is C25H25NO3S2. The summed E-state index contributed by atoms with van der Waals surface area (Å²) in [7, 11) is -2.98. The number of benzene rings is 3.